The molecule has 0 aliphatic rings. The average Bonchev–Trinajstić information content (AvgIpc) is 2.62. The Morgan fingerprint density at radius 2 is 1.54 bits per heavy atom. The lowest BCUT2D eigenvalue weighted by Crippen LogP contribution is -2.29. The molecule has 1 radical (unpaired) electrons. The minimum atomic E-state index is -0.687. The third-order valence-corrected chi connectivity index (χ3v) is 4.61. The number of benzene rings is 2. The van der Waals surface area contributed by atoms with Crippen molar-refractivity contribution in [3.63, 3.8) is 0 Å². The van der Waals surface area contributed by atoms with Gasteiger partial charge in [0.2, 0.25) is 0 Å². The van der Waals surface area contributed by atoms with Gasteiger partial charge in [0.05, 0.1) is 5.39 Å². The van der Waals surface area contributed by atoms with Crippen LogP contribution >= 0.6 is 0 Å². The first-order valence-corrected chi connectivity index (χ1v) is 8.63. The second kappa shape index (κ2) is 6.48. The Morgan fingerprint density at radius 1 is 0.833 bits per heavy atom. The molecule has 4 nitrogen and oxygen atoms in total. The number of hydrogen-bond donors (Lipinski definition) is 0. The van der Waals surface area contributed by atoms with Crippen molar-refractivity contribution in [1.82, 2.24) is 4.98 Å². The summed E-state index contributed by atoms with van der Waals surface area (Å²) in [6.07, 6.45) is 3.79. The molecule has 24 heavy (non-hydrogen) atoms. The molecule has 4 aromatic rings. The first-order chi connectivity index (χ1) is 11.8. The molecular weight excluding hydrogens is 315 g/mol. The summed E-state index contributed by atoms with van der Waals surface area (Å²) in [6, 6.07) is 20.0. The van der Waals surface area contributed by atoms with Crippen LogP contribution in [0.4, 0.5) is 0 Å². The summed E-state index contributed by atoms with van der Waals surface area (Å²) in [5, 5.41) is 2.20. The topological polar surface area (TPSA) is 35.2 Å². The van der Waals surface area contributed by atoms with Crippen molar-refractivity contribution in [1.29, 1.82) is 0 Å². The van der Waals surface area contributed by atoms with Gasteiger partial charge in [-0.3, -0.25) is 4.98 Å². The number of hydrogen-bond acceptors (Lipinski definition) is 3. The molecule has 0 saturated carbocycles. The minimum absolute atomic E-state index is 0.687. The number of aryl methyl sites for hydroxylation is 1. The van der Waals surface area contributed by atoms with E-state index in [1.807, 2.05) is 61.8 Å². The van der Waals surface area contributed by atoms with Crippen LogP contribution < -0.4 is 12.1 Å². The fourth-order valence-corrected chi connectivity index (χ4v) is 3.43. The number of aromatic nitrogens is 2. The maximum Gasteiger partial charge on any atom is 0.882 e. The Morgan fingerprint density at radius 3 is 2.46 bits per heavy atom. The monoisotopic (exact) mass is 330 g/mol. The van der Waals surface area contributed by atoms with Crippen LogP contribution in [0, 0.1) is 0 Å². The molecule has 0 aliphatic heterocycles. The zero-order valence-corrected chi connectivity index (χ0v) is 14.4. The molecule has 0 aliphatic carbocycles. The summed E-state index contributed by atoms with van der Waals surface area (Å²) >= 11 is -0.687. The lowest BCUT2D eigenvalue weighted by atomic mass is 10.2. The van der Waals surface area contributed by atoms with Crippen molar-refractivity contribution in [2.24, 2.45) is 7.05 Å². The second-order valence-electron chi connectivity index (χ2n) is 5.48. The van der Waals surface area contributed by atoms with Crippen LogP contribution in [0.25, 0.3) is 21.8 Å². The molecule has 0 bridgehead atoms. The van der Waals surface area contributed by atoms with E-state index in [0.29, 0.717) is 0 Å². The van der Waals surface area contributed by atoms with E-state index < -0.39 is 15.9 Å². The Kier molecular flexibility index (Phi) is 4.04. The summed E-state index contributed by atoms with van der Waals surface area (Å²) in [7, 11) is 2.01. The highest BCUT2D eigenvalue weighted by molar-refractivity contribution is 6.21. The van der Waals surface area contributed by atoms with Gasteiger partial charge in [-0.25, -0.2) is 0 Å². The molecular formula is C19H15AlN2O2+. The highest BCUT2D eigenvalue weighted by Gasteiger charge is 2.15. The van der Waals surface area contributed by atoms with Gasteiger partial charge in [0.1, 0.15) is 18.3 Å². The van der Waals surface area contributed by atoms with Gasteiger partial charge in [-0.05, 0) is 30.3 Å². The van der Waals surface area contributed by atoms with Gasteiger partial charge in [0.15, 0.2) is 11.9 Å². The Balaban J connectivity index is 1.58. The van der Waals surface area contributed by atoms with Crippen LogP contribution in [0.1, 0.15) is 0 Å². The van der Waals surface area contributed by atoms with Crippen LogP contribution in [0.3, 0.4) is 0 Å². The van der Waals surface area contributed by atoms with Gasteiger partial charge in [0.25, 0.3) is 5.52 Å². The smallest absolute Gasteiger partial charge is 0.614 e. The van der Waals surface area contributed by atoms with E-state index in [1.165, 1.54) is 0 Å². The third kappa shape index (κ3) is 2.80. The van der Waals surface area contributed by atoms with Gasteiger partial charge in [0, 0.05) is 17.6 Å². The summed E-state index contributed by atoms with van der Waals surface area (Å²) in [5.41, 5.74) is 1.92. The predicted octanol–water partition coefficient (Wildman–Crippen LogP) is 3.20. The van der Waals surface area contributed by atoms with Crippen molar-refractivity contribution in [2.75, 3.05) is 0 Å². The van der Waals surface area contributed by atoms with E-state index in [9.17, 15) is 0 Å². The average molecular weight is 330 g/mol. The molecule has 0 saturated heterocycles. The Bertz CT molecular complexity index is 1010. The molecule has 115 valence electrons. The number of pyridine rings is 2. The molecule has 0 fully saturated rings. The molecule has 0 unspecified atom stereocenters. The van der Waals surface area contributed by atoms with E-state index >= 15 is 0 Å². The summed E-state index contributed by atoms with van der Waals surface area (Å²) in [5.74, 6) is 1.59. The van der Waals surface area contributed by atoms with Crippen LogP contribution in [0.15, 0.2) is 73.1 Å². The molecule has 0 N–H and O–H groups in total. The van der Waals surface area contributed by atoms with E-state index in [4.69, 9.17) is 7.58 Å². The highest BCUT2D eigenvalue weighted by atomic mass is 27.2. The minimum Gasteiger partial charge on any atom is -0.614 e. The first kappa shape index (κ1) is 15.0. The normalized spacial score (nSPS) is 10.7. The fourth-order valence-electron chi connectivity index (χ4n) is 2.80. The van der Waals surface area contributed by atoms with Crippen LogP contribution in [-0.2, 0) is 7.05 Å². The third-order valence-electron chi connectivity index (χ3n) is 3.91. The molecule has 2 heterocycles. The number of para-hydroxylation sites is 2. The second-order valence-corrected chi connectivity index (χ2v) is 6.14. The molecule has 0 spiro atoms. The summed E-state index contributed by atoms with van der Waals surface area (Å²) in [4.78, 5) is 4.40. The van der Waals surface area contributed by atoms with Gasteiger partial charge in [-0.2, -0.15) is 4.57 Å². The maximum absolute atomic E-state index is 5.97. The van der Waals surface area contributed by atoms with Crippen molar-refractivity contribution >= 4 is 37.7 Å². The first-order valence-electron chi connectivity index (χ1n) is 7.69. The molecule has 4 rings (SSSR count). The molecule has 0 amide bonds. The quantitative estimate of drug-likeness (QED) is 0.426. The summed E-state index contributed by atoms with van der Waals surface area (Å²) in [6.45, 7) is 0. The van der Waals surface area contributed by atoms with Crippen LogP contribution in [-0.4, -0.2) is 20.9 Å². The Hall–Kier alpha value is -2.61. The van der Waals surface area contributed by atoms with E-state index in [-0.39, 0.29) is 0 Å². The standard InChI is InChI=1S/C10H9NO.C9H7NO.Al/c1-11-7-3-5-8-4-2-6-9(12)10(8)11;11-8-5-1-3-7-4-2-6-10-9(7)8;/h2-7H,1H3;1-6,11H;/q;;+2/p-1. The molecule has 2 aromatic carbocycles. The van der Waals surface area contributed by atoms with E-state index in [0.717, 1.165) is 33.3 Å². The van der Waals surface area contributed by atoms with E-state index in [2.05, 4.69) is 21.7 Å². The Labute approximate surface area is 146 Å². The van der Waals surface area contributed by atoms with Gasteiger partial charge >= 0.3 is 15.9 Å². The SMILES string of the molecule is C[n+]1cccc2cccc([O][Al][O]c3cccc4cccnc34)c21. The van der Waals surface area contributed by atoms with Crippen molar-refractivity contribution in [2.45, 2.75) is 0 Å². The molecule has 5 heteroatoms. The zero-order chi connectivity index (χ0) is 16.4. The van der Waals surface area contributed by atoms with E-state index in [1.54, 1.807) is 6.20 Å². The van der Waals surface area contributed by atoms with Crippen molar-refractivity contribution < 1.29 is 12.1 Å². The van der Waals surface area contributed by atoms with Crippen molar-refractivity contribution in [3.8, 4) is 11.5 Å². The van der Waals surface area contributed by atoms with Crippen molar-refractivity contribution in [3.05, 3.63) is 73.1 Å². The summed E-state index contributed by atoms with van der Waals surface area (Å²) < 4.78 is 13.9. The zero-order valence-electron chi connectivity index (χ0n) is 13.2. The highest BCUT2D eigenvalue weighted by Crippen LogP contribution is 2.24. The number of fused-ring (bicyclic) bond motifs is 2. The number of rotatable bonds is 4. The maximum atomic E-state index is 5.97. The lowest BCUT2D eigenvalue weighted by Gasteiger charge is -2.10. The van der Waals surface area contributed by atoms with Gasteiger partial charge in [-0.1, -0.05) is 24.3 Å². The molecule has 2 aromatic heterocycles. The van der Waals surface area contributed by atoms with Gasteiger partial charge < -0.3 is 7.58 Å². The van der Waals surface area contributed by atoms with Crippen LogP contribution in [0.2, 0.25) is 0 Å². The largest absolute Gasteiger partial charge is 0.882 e. The number of nitrogens with zero attached hydrogens (tertiary/aromatic N) is 2. The predicted molar refractivity (Wildman–Crippen MR) is 93.9 cm³/mol. The molecule has 0 atom stereocenters. The van der Waals surface area contributed by atoms with Crippen LogP contribution in [0.5, 0.6) is 11.5 Å². The fraction of sp³-hybridized carbons (Fsp3) is 0.0526. The lowest BCUT2D eigenvalue weighted by molar-refractivity contribution is -0.645. The van der Waals surface area contributed by atoms with Gasteiger partial charge in [-0.15, -0.1) is 0 Å².